The van der Waals surface area contributed by atoms with Crippen LogP contribution in [0.25, 0.3) is 95.0 Å². The molecule has 4 nitrogen and oxygen atoms in total. The second-order valence-electron chi connectivity index (χ2n) is 18.4. The van der Waals surface area contributed by atoms with Crippen molar-refractivity contribution >= 4 is 21.8 Å². The van der Waals surface area contributed by atoms with E-state index in [1.807, 2.05) is 36.4 Å². The molecule has 11 aromatic rings. The molecule has 0 amide bonds. The molecule has 1 aliphatic carbocycles. The maximum absolute atomic E-state index is 5.25. The summed E-state index contributed by atoms with van der Waals surface area (Å²) in [6, 6.07) is 76.4. The standard InChI is InChI=1S/C63H48N4/c1-40-37-57-55(49-29-17-18-34-56(49)63(57,3)4)39-53(40)54-38-45(35-36-47(54)41(2)42-21-9-5-10-22-42)48-30-19-31-50-51-32-20-33-52(59(51)67(58(48)50)46-27-15-8-16-28-46)62-65-60(43-23-11-6-12-24-43)64-61(66-62)44-25-13-7-14-26-44/h5-39,41H,1-4H3. The number of aryl methyl sites for hydroxylation is 1. The van der Waals surface area contributed by atoms with Crippen LogP contribution in [0, 0.1) is 6.92 Å². The second kappa shape index (κ2) is 16.0. The monoisotopic (exact) mass is 860 g/mol. The first-order valence-corrected chi connectivity index (χ1v) is 23.3. The average molecular weight is 861 g/mol. The zero-order chi connectivity index (χ0) is 45.2. The van der Waals surface area contributed by atoms with Gasteiger partial charge in [-0.15, -0.1) is 0 Å². The van der Waals surface area contributed by atoms with Gasteiger partial charge in [0.2, 0.25) is 0 Å². The van der Waals surface area contributed by atoms with Gasteiger partial charge in [0.15, 0.2) is 17.5 Å². The predicted molar refractivity (Wildman–Crippen MR) is 278 cm³/mol. The Morgan fingerprint density at radius 3 is 1.60 bits per heavy atom. The van der Waals surface area contributed by atoms with E-state index in [9.17, 15) is 0 Å². The Bertz CT molecular complexity index is 3610. The van der Waals surface area contributed by atoms with Crippen molar-refractivity contribution in [3.8, 4) is 73.2 Å². The van der Waals surface area contributed by atoms with E-state index >= 15 is 0 Å². The molecule has 0 aliphatic heterocycles. The van der Waals surface area contributed by atoms with E-state index in [2.05, 4.69) is 208 Å². The summed E-state index contributed by atoms with van der Waals surface area (Å²) in [5.74, 6) is 2.06. The Morgan fingerprint density at radius 2 is 0.940 bits per heavy atom. The average Bonchev–Trinajstić information content (AvgIpc) is 3.84. The van der Waals surface area contributed by atoms with Crippen molar-refractivity contribution in [3.63, 3.8) is 0 Å². The fourth-order valence-corrected chi connectivity index (χ4v) is 10.7. The van der Waals surface area contributed by atoms with Crippen LogP contribution in [-0.4, -0.2) is 19.5 Å². The fourth-order valence-electron chi connectivity index (χ4n) is 10.7. The highest BCUT2D eigenvalue weighted by Gasteiger charge is 2.36. The van der Waals surface area contributed by atoms with E-state index in [1.165, 1.54) is 50.1 Å². The zero-order valence-electron chi connectivity index (χ0n) is 38.1. The highest BCUT2D eigenvalue weighted by atomic mass is 15.0. The number of para-hydroxylation sites is 3. The molecule has 1 unspecified atom stereocenters. The normalized spacial score (nSPS) is 13.1. The molecule has 0 spiro atoms. The van der Waals surface area contributed by atoms with Crippen molar-refractivity contribution < 1.29 is 0 Å². The van der Waals surface area contributed by atoms with Gasteiger partial charge in [0.25, 0.3) is 0 Å². The Labute approximate surface area is 392 Å². The molecule has 0 fully saturated rings. The lowest BCUT2D eigenvalue weighted by Crippen LogP contribution is -2.15. The van der Waals surface area contributed by atoms with Crippen molar-refractivity contribution in [1.82, 2.24) is 19.5 Å². The van der Waals surface area contributed by atoms with Crippen LogP contribution >= 0.6 is 0 Å². The SMILES string of the molecule is Cc1cc2c(cc1-c1cc(-c3cccc4c5cccc(-c6nc(-c7ccccc7)nc(-c7ccccc7)n6)c5n(-c5ccccc5)c34)ccc1C(C)c1ccccc1)-c1ccccc1C2(C)C. The minimum atomic E-state index is -0.0793. The van der Waals surface area contributed by atoms with E-state index in [1.54, 1.807) is 0 Å². The molecule has 12 rings (SSSR count). The highest BCUT2D eigenvalue weighted by Crippen LogP contribution is 2.51. The number of benzene rings is 9. The quantitative estimate of drug-likeness (QED) is 0.153. The van der Waals surface area contributed by atoms with E-state index in [0.717, 1.165) is 55.3 Å². The van der Waals surface area contributed by atoms with E-state index in [0.29, 0.717) is 17.5 Å². The molecule has 67 heavy (non-hydrogen) atoms. The van der Waals surface area contributed by atoms with Gasteiger partial charge in [-0.1, -0.05) is 203 Å². The van der Waals surface area contributed by atoms with Crippen molar-refractivity contribution in [1.29, 1.82) is 0 Å². The molecule has 0 N–H and O–H groups in total. The van der Waals surface area contributed by atoms with E-state index in [-0.39, 0.29) is 11.3 Å². The largest absolute Gasteiger partial charge is 0.308 e. The van der Waals surface area contributed by atoms with Gasteiger partial charge in [-0.05, 0) is 92.9 Å². The number of hydrogen-bond donors (Lipinski definition) is 0. The third kappa shape index (κ3) is 6.70. The molecule has 0 radical (unpaired) electrons. The Kier molecular flexibility index (Phi) is 9.65. The Hall–Kier alpha value is -8.21. The highest BCUT2D eigenvalue weighted by molar-refractivity contribution is 6.17. The summed E-state index contributed by atoms with van der Waals surface area (Å²) in [7, 11) is 0. The summed E-state index contributed by atoms with van der Waals surface area (Å²) in [4.78, 5) is 15.5. The molecule has 1 atom stereocenters. The molecule has 1 aliphatic rings. The van der Waals surface area contributed by atoms with Crippen LogP contribution in [-0.2, 0) is 5.41 Å². The number of fused-ring (bicyclic) bond motifs is 6. The van der Waals surface area contributed by atoms with Gasteiger partial charge >= 0.3 is 0 Å². The number of hydrogen-bond acceptors (Lipinski definition) is 3. The number of aromatic nitrogens is 4. The lowest BCUT2D eigenvalue weighted by Gasteiger charge is -2.24. The van der Waals surface area contributed by atoms with Crippen LogP contribution in [0.5, 0.6) is 0 Å². The third-order valence-electron chi connectivity index (χ3n) is 14.1. The lowest BCUT2D eigenvalue weighted by molar-refractivity contribution is 0.660. The molecule has 2 heterocycles. The summed E-state index contributed by atoms with van der Waals surface area (Å²) in [5.41, 5.74) is 20.1. The van der Waals surface area contributed by atoms with Gasteiger partial charge in [0, 0.05) is 50.0 Å². The van der Waals surface area contributed by atoms with Crippen LogP contribution in [0.1, 0.15) is 54.5 Å². The topological polar surface area (TPSA) is 43.6 Å². The molecule has 0 saturated heterocycles. The summed E-state index contributed by atoms with van der Waals surface area (Å²) >= 11 is 0. The number of nitrogens with zero attached hydrogens (tertiary/aromatic N) is 4. The van der Waals surface area contributed by atoms with E-state index in [4.69, 9.17) is 15.0 Å². The predicted octanol–water partition coefficient (Wildman–Crippen LogP) is 16.1. The van der Waals surface area contributed by atoms with Crippen LogP contribution in [0.4, 0.5) is 0 Å². The smallest absolute Gasteiger partial charge is 0.166 e. The van der Waals surface area contributed by atoms with Gasteiger partial charge in [0.05, 0.1) is 11.0 Å². The molecular weight excluding hydrogens is 813 g/mol. The fraction of sp³-hybridized carbons (Fsp3) is 0.0952. The van der Waals surface area contributed by atoms with Crippen molar-refractivity contribution in [2.24, 2.45) is 0 Å². The minimum absolute atomic E-state index is 0.0793. The minimum Gasteiger partial charge on any atom is -0.308 e. The lowest BCUT2D eigenvalue weighted by atomic mass is 9.80. The summed E-state index contributed by atoms with van der Waals surface area (Å²) in [6.07, 6.45) is 0. The summed E-state index contributed by atoms with van der Waals surface area (Å²) < 4.78 is 2.43. The van der Waals surface area contributed by atoms with Crippen LogP contribution < -0.4 is 0 Å². The Balaban J connectivity index is 1.12. The van der Waals surface area contributed by atoms with E-state index < -0.39 is 0 Å². The molecule has 320 valence electrons. The van der Waals surface area contributed by atoms with Gasteiger partial charge in [-0.25, -0.2) is 15.0 Å². The first-order valence-electron chi connectivity index (χ1n) is 23.3. The molecule has 0 saturated carbocycles. The molecule has 4 heteroatoms. The van der Waals surface area contributed by atoms with Gasteiger partial charge in [-0.3, -0.25) is 0 Å². The zero-order valence-corrected chi connectivity index (χ0v) is 38.1. The van der Waals surface area contributed by atoms with Gasteiger partial charge in [0.1, 0.15) is 0 Å². The number of rotatable bonds is 8. The second-order valence-corrected chi connectivity index (χ2v) is 18.4. The first kappa shape index (κ1) is 40.3. The Morgan fingerprint density at radius 1 is 0.403 bits per heavy atom. The molecule has 9 aromatic carbocycles. The van der Waals surface area contributed by atoms with Crippen LogP contribution in [0.3, 0.4) is 0 Å². The van der Waals surface area contributed by atoms with Gasteiger partial charge < -0.3 is 4.57 Å². The third-order valence-corrected chi connectivity index (χ3v) is 14.1. The van der Waals surface area contributed by atoms with Crippen molar-refractivity contribution in [2.75, 3.05) is 0 Å². The summed E-state index contributed by atoms with van der Waals surface area (Å²) in [5, 5.41) is 2.29. The maximum atomic E-state index is 5.25. The van der Waals surface area contributed by atoms with Gasteiger partial charge in [-0.2, -0.15) is 0 Å². The first-order chi connectivity index (χ1) is 32.8. The molecule has 0 bridgehead atoms. The van der Waals surface area contributed by atoms with Crippen LogP contribution in [0.15, 0.2) is 212 Å². The molecule has 2 aromatic heterocycles. The van der Waals surface area contributed by atoms with Crippen molar-refractivity contribution in [2.45, 2.75) is 39.0 Å². The molecular formula is C63H48N4. The van der Waals surface area contributed by atoms with Crippen molar-refractivity contribution in [3.05, 3.63) is 240 Å². The summed E-state index contributed by atoms with van der Waals surface area (Å²) in [6.45, 7) is 9.37. The maximum Gasteiger partial charge on any atom is 0.166 e. The van der Waals surface area contributed by atoms with Crippen LogP contribution in [0.2, 0.25) is 0 Å².